The number of hydrogen-bond acceptors (Lipinski definition) is 2. The van der Waals surface area contributed by atoms with Gasteiger partial charge in [-0.25, -0.2) is 0 Å². The molecule has 0 aromatic heterocycles. The van der Waals surface area contributed by atoms with E-state index in [0.717, 1.165) is 12.8 Å². The average Bonchev–Trinajstić information content (AvgIpc) is 2.91. The third-order valence-electron chi connectivity index (χ3n) is 3.61. The van der Waals surface area contributed by atoms with Crippen molar-refractivity contribution >= 4 is 7.69 Å². The molecule has 1 atom stereocenters. The summed E-state index contributed by atoms with van der Waals surface area (Å²) in [6.45, 7) is 0. The van der Waals surface area contributed by atoms with E-state index < -0.39 is 0 Å². The molecule has 3 heteroatoms. The molecule has 0 unspecified atom stereocenters. The van der Waals surface area contributed by atoms with Crippen molar-refractivity contribution in [3.05, 3.63) is 35.9 Å². The summed E-state index contributed by atoms with van der Waals surface area (Å²) in [7, 11) is 0.458. The molecule has 1 saturated carbocycles. The Morgan fingerprint density at radius 2 is 1.87 bits per heavy atom. The van der Waals surface area contributed by atoms with Gasteiger partial charge in [0, 0.05) is 0 Å². The van der Waals surface area contributed by atoms with Crippen LogP contribution in [0.15, 0.2) is 30.3 Å². The fourth-order valence-corrected chi connectivity index (χ4v) is 2.85. The largest absolute Gasteiger partial charge is 0.439 e. The van der Waals surface area contributed by atoms with Crippen molar-refractivity contribution in [2.24, 2.45) is 0 Å². The Balaban J connectivity index is 1.92. The second-order valence-electron chi connectivity index (χ2n) is 4.49. The Morgan fingerprint density at radius 3 is 2.60 bits per heavy atom. The maximum atomic E-state index is 5.85. The quantitative estimate of drug-likeness (QED) is 0.650. The molecular formula is C12H15BO2. The van der Waals surface area contributed by atoms with Crippen LogP contribution in [0.2, 0.25) is 0 Å². The molecule has 1 saturated heterocycles. The van der Waals surface area contributed by atoms with Crippen LogP contribution in [-0.2, 0) is 9.31 Å². The van der Waals surface area contributed by atoms with Crippen LogP contribution in [0.25, 0.3) is 0 Å². The van der Waals surface area contributed by atoms with E-state index in [0.29, 0.717) is 7.69 Å². The molecule has 1 aliphatic heterocycles. The zero-order valence-corrected chi connectivity index (χ0v) is 8.82. The highest BCUT2D eigenvalue weighted by molar-refractivity contribution is 6.19. The minimum Gasteiger partial charge on any atom is -0.405 e. The maximum Gasteiger partial charge on any atom is 0.439 e. The third-order valence-corrected chi connectivity index (χ3v) is 3.61. The van der Waals surface area contributed by atoms with E-state index >= 15 is 0 Å². The van der Waals surface area contributed by atoms with Gasteiger partial charge in [-0.3, -0.25) is 0 Å². The fourth-order valence-electron chi connectivity index (χ4n) is 2.85. The molecule has 0 amide bonds. The second kappa shape index (κ2) is 3.65. The molecule has 0 bridgehead atoms. The Kier molecular flexibility index (Phi) is 2.30. The van der Waals surface area contributed by atoms with Gasteiger partial charge in [-0.15, -0.1) is 0 Å². The molecule has 1 heterocycles. The van der Waals surface area contributed by atoms with Crippen LogP contribution in [0.1, 0.15) is 37.4 Å². The van der Waals surface area contributed by atoms with E-state index in [-0.39, 0.29) is 11.7 Å². The molecule has 78 valence electrons. The summed E-state index contributed by atoms with van der Waals surface area (Å²) in [5.41, 5.74) is 1.25. The molecule has 1 aromatic carbocycles. The van der Waals surface area contributed by atoms with Crippen LogP contribution >= 0.6 is 0 Å². The van der Waals surface area contributed by atoms with Gasteiger partial charge >= 0.3 is 7.69 Å². The van der Waals surface area contributed by atoms with Crippen molar-refractivity contribution in [2.45, 2.75) is 37.4 Å². The van der Waals surface area contributed by atoms with Gasteiger partial charge in [0.25, 0.3) is 0 Å². The molecule has 1 aromatic rings. The van der Waals surface area contributed by atoms with Crippen LogP contribution in [0.4, 0.5) is 0 Å². The lowest BCUT2D eigenvalue weighted by Crippen LogP contribution is -2.30. The smallest absolute Gasteiger partial charge is 0.405 e. The van der Waals surface area contributed by atoms with Crippen molar-refractivity contribution in [1.29, 1.82) is 0 Å². The van der Waals surface area contributed by atoms with Gasteiger partial charge in [-0.05, 0) is 18.4 Å². The second-order valence-corrected chi connectivity index (χ2v) is 4.49. The SMILES string of the molecule is B1O[C@@H](c2ccccc2)C2(CCCC2)O1. The van der Waals surface area contributed by atoms with Gasteiger partial charge < -0.3 is 9.31 Å². The van der Waals surface area contributed by atoms with Gasteiger partial charge in [-0.2, -0.15) is 0 Å². The van der Waals surface area contributed by atoms with E-state index in [4.69, 9.17) is 9.31 Å². The van der Waals surface area contributed by atoms with Crippen LogP contribution in [0.5, 0.6) is 0 Å². The number of rotatable bonds is 1. The Bertz CT molecular complexity index is 327. The first-order valence-corrected chi connectivity index (χ1v) is 5.71. The summed E-state index contributed by atoms with van der Waals surface area (Å²) >= 11 is 0. The van der Waals surface area contributed by atoms with Crippen molar-refractivity contribution < 1.29 is 9.31 Å². The molecule has 3 rings (SSSR count). The van der Waals surface area contributed by atoms with E-state index in [2.05, 4.69) is 24.3 Å². The first-order valence-electron chi connectivity index (χ1n) is 5.71. The van der Waals surface area contributed by atoms with Crippen molar-refractivity contribution in [3.8, 4) is 0 Å². The van der Waals surface area contributed by atoms with E-state index in [9.17, 15) is 0 Å². The zero-order chi connectivity index (χ0) is 10.1. The monoisotopic (exact) mass is 202 g/mol. The first-order chi connectivity index (χ1) is 7.41. The van der Waals surface area contributed by atoms with Crippen molar-refractivity contribution in [2.75, 3.05) is 0 Å². The lowest BCUT2D eigenvalue weighted by Gasteiger charge is -2.29. The minimum absolute atomic E-state index is 0.0125. The molecule has 15 heavy (non-hydrogen) atoms. The average molecular weight is 202 g/mol. The lowest BCUT2D eigenvalue weighted by molar-refractivity contribution is 0.0426. The van der Waals surface area contributed by atoms with Gasteiger partial charge in [0.1, 0.15) is 0 Å². The molecular weight excluding hydrogens is 187 g/mol. The number of benzene rings is 1. The Morgan fingerprint density at radius 1 is 1.13 bits per heavy atom. The highest BCUT2D eigenvalue weighted by atomic mass is 16.6. The maximum absolute atomic E-state index is 5.85. The van der Waals surface area contributed by atoms with E-state index in [1.54, 1.807) is 0 Å². The lowest BCUT2D eigenvalue weighted by atomic mass is 9.90. The summed E-state index contributed by atoms with van der Waals surface area (Å²) in [4.78, 5) is 0. The van der Waals surface area contributed by atoms with Gasteiger partial charge in [0.2, 0.25) is 0 Å². The zero-order valence-electron chi connectivity index (χ0n) is 8.82. The van der Waals surface area contributed by atoms with Crippen molar-refractivity contribution in [1.82, 2.24) is 0 Å². The molecule has 1 spiro atoms. The number of hydrogen-bond donors (Lipinski definition) is 0. The van der Waals surface area contributed by atoms with Crippen LogP contribution in [0.3, 0.4) is 0 Å². The molecule has 1 aliphatic carbocycles. The Hall–Kier alpha value is -0.795. The highest BCUT2D eigenvalue weighted by Crippen LogP contribution is 2.47. The summed E-state index contributed by atoms with van der Waals surface area (Å²) in [6, 6.07) is 10.5. The summed E-state index contributed by atoms with van der Waals surface area (Å²) in [6.07, 6.45) is 4.99. The topological polar surface area (TPSA) is 18.5 Å². The minimum atomic E-state index is -0.0125. The van der Waals surface area contributed by atoms with E-state index in [1.807, 2.05) is 6.07 Å². The third kappa shape index (κ3) is 1.50. The first kappa shape index (κ1) is 9.43. The molecule has 0 N–H and O–H groups in total. The van der Waals surface area contributed by atoms with Gasteiger partial charge in [0.05, 0.1) is 11.7 Å². The van der Waals surface area contributed by atoms with Crippen LogP contribution < -0.4 is 0 Å². The van der Waals surface area contributed by atoms with Crippen molar-refractivity contribution in [3.63, 3.8) is 0 Å². The van der Waals surface area contributed by atoms with Gasteiger partial charge in [0.15, 0.2) is 0 Å². The highest BCUT2D eigenvalue weighted by Gasteiger charge is 2.47. The van der Waals surface area contributed by atoms with Crippen LogP contribution in [0, 0.1) is 0 Å². The summed E-state index contributed by atoms with van der Waals surface area (Å²) in [5, 5.41) is 0. The summed E-state index contributed by atoms with van der Waals surface area (Å²) in [5.74, 6) is 0. The normalized spacial score (nSPS) is 28.1. The van der Waals surface area contributed by atoms with Crippen LogP contribution in [-0.4, -0.2) is 13.3 Å². The molecule has 2 nitrogen and oxygen atoms in total. The molecule has 0 radical (unpaired) electrons. The summed E-state index contributed by atoms with van der Waals surface area (Å²) < 4.78 is 11.6. The molecule has 2 aliphatic rings. The Labute approximate surface area is 90.9 Å². The van der Waals surface area contributed by atoms with Gasteiger partial charge in [-0.1, -0.05) is 43.2 Å². The van der Waals surface area contributed by atoms with E-state index in [1.165, 1.54) is 18.4 Å². The fraction of sp³-hybridized carbons (Fsp3) is 0.500. The predicted molar refractivity (Wildman–Crippen MR) is 59.7 cm³/mol. The molecule has 2 fully saturated rings. The standard InChI is InChI=1S/C12H15BO2/c1-2-6-10(7-3-1)11-12(15-13-14-11)8-4-5-9-12/h1-3,6-7,11,13H,4-5,8-9H2/t11-/m0/s1. The predicted octanol–water partition coefficient (Wildman–Crippen LogP) is 2.35.